The van der Waals surface area contributed by atoms with Gasteiger partial charge >= 0.3 is 5.97 Å². The van der Waals surface area contributed by atoms with Crippen molar-refractivity contribution in [2.24, 2.45) is 35.5 Å². The van der Waals surface area contributed by atoms with E-state index in [0.29, 0.717) is 29.7 Å². The highest BCUT2D eigenvalue weighted by Gasteiger charge is 2.67. The van der Waals surface area contributed by atoms with Gasteiger partial charge in [0.2, 0.25) is 11.8 Å². The van der Waals surface area contributed by atoms with E-state index >= 15 is 0 Å². The monoisotopic (exact) mass is 337 g/mol. The molecule has 2 saturated carbocycles. The van der Waals surface area contributed by atoms with Crippen molar-refractivity contribution in [3.63, 3.8) is 0 Å². The third kappa shape index (κ3) is 1.92. The second-order valence-electron chi connectivity index (χ2n) is 7.43. The molecule has 1 heterocycles. The molecule has 1 aromatic carbocycles. The van der Waals surface area contributed by atoms with Gasteiger partial charge in [-0.05, 0) is 61.3 Å². The van der Waals surface area contributed by atoms with Crippen LogP contribution in [0.25, 0.3) is 0 Å². The average molecular weight is 337 g/mol. The molecule has 2 bridgehead atoms. The molecule has 5 heteroatoms. The molecule has 2 amide bonds. The number of carbonyl (C=O) groups is 3. The zero-order valence-corrected chi connectivity index (χ0v) is 13.9. The molecule has 0 radical (unpaired) electrons. The molecule has 6 rings (SSSR count). The summed E-state index contributed by atoms with van der Waals surface area (Å²) in [4.78, 5) is 39.1. The van der Waals surface area contributed by atoms with Gasteiger partial charge in [-0.2, -0.15) is 0 Å². The van der Waals surface area contributed by atoms with Gasteiger partial charge in [0.1, 0.15) is 0 Å². The molecule has 25 heavy (non-hydrogen) atoms. The lowest BCUT2D eigenvalue weighted by atomic mass is 9.63. The molecule has 3 fully saturated rings. The minimum atomic E-state index is -0.399. The van der Waals surface area contributed by atoms with Crippen LogP contribution in [0.5, 0.6) is 0 Å². The number of rotatable bonds is 3. The number of ether oxygens (including phenoxy) is 1. The van der Waals surface area contributed by atoms with Crippen LogP contribution in [-0.4, -0.2) is 24.4 Å². The minimum Gasteiger partial charge on any atom is -0.462 e. The molecular weight excluding hydrogens is 318 g/mol. The summed E-state index contributed by atoms with van der Waals surface area (Å²) in [6.45, 7) is 2.06. The van der Waals surface area contributed by atoms with Gasteiger partial charge in [-0.15, -0.1) is 0 Å². The summed E-state index contributed by atoms with van der Waals surface area (Å²) in [5.74, 6) is 0.682. The molecular formula is C20H19NO4. The maximum Gasteiger partial charge on any atom is 0.338 e. The Morgan fingerprint density at radius 2 is 1.60 bits per heavy atom. The number of esters is 1. The first-order valence-electron chi connectivity index (χ1n) is 8.95. The molecule has 4 aliphatic carbocycles. The van der Waals surface area contributed by atoms with Crippen LogP contribution in [0.15, 0.2) is 36.4 Å². The number of hydrogen-bond donors (Lipinski definition) is 0. The number of allylic oxidation sites excluding steroid dienone is 2. The van der Waals surface area contributed by atoms with E-state index in [2.05, 4.69) is 12.2 Å². The highest BCUT2D eigenvalue weighted by molar-refractivity contribution is 6.22. The third-order valence-corrected chi connectivity index (χ3v) is 6.30. The van der Waals surface area contributed by atoms with E-state index in [-0.39, 0.29) is 35.5 Å². The first kappa shape index (κ1) is 14.9. The molecule has 1 aliphatic heterocycles. The summed E-state index contributed by atoms with van der Waals surface area (Å²) in [5.41, 5.74) is 0.968. The van der Waals surface area contributed by atoms with Gasteiger partial charge in [0.25, 0.3) is 0 Å². The standard InChI is InChI=1S/C20H19NO4/c1-2-25-20(24)10-3-5-11(6-4-10)21-18(22)16-12-7-8-13(15-9-14(12)15)17(16)19(21)23/h3-8,12-17H,2,9H2,1H3/t12-,13-,14-,15+,16-,17+/m0/s1. The van der Waals surface area contributed by atoms with Crippen molar-refractivity contribution >= 4 is 23.5 Å². The molecule has 6 atom stereocenters. The Bertz CT molecular complexity index is 775. The fraction of sp³-hybridized carbons (Fsp3) is 0.450. The van der Waals surface area contributed by atoms with Crippen LogP contribution in [0.2, 0.25) is 0 Å². The number of imide groups is 1. The van der Waals surface area contributed by atoms with Crippen molar-refractivity contribution in [3.05, 3.63) is 42.0 Å². The maximum absolute atomic E-state index is 13.0. The molecule has 1 aromatic rings. The first-order valence-corrected chi connectivity index (χ1v) is 8.95. The summed E-state index contributed by atoms with van der Waals surface area (Å²) >= 11 is 0. The topological polar surface area (TPSA) is 63.7 Å². The summed E-state index contributed by atoms with van der Waals surface area (Å²) in [6.07, 6.45) is 5.49. The Kier molecular flexibility index (Phi) is 3.00. The van der Waals surface area contributed by atoms with Gasteiger partial charge in [-0.25, -0.2) is 4.79 Å². The molecule has 0 unspecified atom stereocenters. The first-order chi connectivity index (χ1) is 12.1. The van der Waals surface area contributed by atoms with Gasteiger partial charge in [0, 0.05) is 0 Å². The number of hydrogen-bond acceptors (Lipinski definition) is 4. The third-order valence-electron chi connectivity index (χ3n) is 6.30. The second kappa shape index (κ2) is 5.04. The SMILES string of the molecule is CCOC(=O)c1ccc(N2C(=O)[C@@H]3[C@H]4C=C[C@@H]([C@@H]5C[C@H]45)[C@@H]3C2=O)cc1. The van der Waals surface area contributed by atoms with Crippen LogP contribution < -0.4 is 4.90 Å². The molecule has 1 saturated heterocycles. The van der Waals surface area contributed by atoms with Crippen LogP contribution in [0, 0.1) is 35.5 Å². The lowest BCUT2D eigenvalue weighted by Crippen LogP contribution is -2.40. The maximum atomic E-state index is 13.0. The van der Waals surface area contributed by atoms with Crippen molar-refractivity contribution in [1.29, 1.82) is 0 Å². The Morgan fingerprint density at radius 1 is 1.04 bits per heavy atom. The van der Waals surface area contributed by atoms with E-state index in [1.807, 2.05) is 0 Å². The number of nitrogens with zero attached hydrogens (tertiary/aromatic N) is 1. The van der Waals surface area contributed by atoms with Gasteiger partial charge in [-0.3, -0.25) is 14.5 Å². The van der Waals surface area contributed by atoms with Crippen LogP contribution in [0.4, 0.5) is 5.69 Å². The van der Waals surface area contributed by atoms with Crippen LogP contribution >= 0.6 is 0 Å². The van der Waals surface area contributed by atoms with Crippen molar-refractivity contribution in [2.75, 3.05) is 11.5 Å². The fourth-order valence-corrected chi connectivity index (χ4v) is 5.17. The fourth-order valence-electron chi connectivity index (χ4n) is 5.17. The van der Waals surface area contributed by atoms with Gasteiger partial charge in [-0.1, -0.05) is 12.2 Å². The van der Waals surface area contributed by atoms with E-state index in [4.69, 9.17) is 4.74 Å². The minimum absolute atomic E-state index is 0.0800. The van der Waals surface area contributed by atoms with Gasteiger partial charge in [0.05, 0.1) is 29.7 Å². The molecule has 0 N–H and O–H groups in total. The zero-order valence-electron chi connectivity index (χ0n) is 13.9. The number of amides is 2. The van der Waals surface area contributed by atoms with Crippen molar-refractivity contribution in [1.82, 2.24) is 0 Å². The Morgan fingerprint density at radius 3 is 2.12 bits per heavy atom. The van der Waals surface area contributed by atoms with Crippen molar-refractivity contribution in [3.8, 4) is 0 Å². The van der Waals surface area contributed by atoms with Crippen molar-refractivity contribution < 1.29 is 19.1 Å². The molecule has 128 valence electrons. The quantitative estimate of drug-likeness (QED) is 0.483. The average Bonchev–Trinajstić information content (AvgIpc) is 3.40. The number of carbonyl (C=O) groups excluding carboxylic acids is 3. The molecule has 0 aromatic heterocycles. The lowest BCUT2D eigenvalue weighted by molar-refractivity contribution is -0.124. The normalized spacial score (nSPS) is 37.1. The Balaban J connectivity index is 1.45. The van der Waals surface area contributed by atoms with Crippen LogP contribution in [0.3, 0.4) is 0 Å². The lowest BCUT2D eigenvalue weighted by Gasteiger charge is -2.37. The molecule has 5 aliphatic rings. The van der Waals surface area contributed by atoms with Gasteiger partial charge in [0.15, 0.2) is 0 Å². The van der Waals surface area contributed by atoms with E-state index in [1.165, 1.54) is 4.90 Å². The summed E-state index contributed by atoms with van der Waals surface area (Å²) in [6, 6.07) is 6.55. The summed E-state index contributed by atoms with van der Waals surface area (Å²) in [7, 11) is 0. The van der Waals surface area contributed by atoms with E-state index in [9.17, 15) is 14.4 Å². The Hall–Kier alpha value is -2.43. The number of anilines is 1. The van der Waals surface area contributed by atoms with Gasteiger partial charge < -0.3 is 4.74 Å². The van der Waals surface area contributed by atoms with E-state index in [0.717, 1.165) is 6.42 Å². The largest absolute Gasteiger partial charge is 0.462 e. The summed E-state index contributed by atoms with van der Waals surface area (Å²) in [5, 5.41) is 0. The predicted molar refractivity (Wildman–Crippen MR) is 89.6 cm³/mol. The van der Waals surface area contributed by atoms with Crippen LogP contribution in [-0.2, 0) is 14.3 Å². The Labute approximate surface area is 145 Å². The predicted octanol–water partition coefficient (Wildman–Crippen LogP) is 2.42. The summed E-state index contributed by atoms with van der Waals surface area (Å²) < 4.78 is 4.97. The number of benzene rings is 1. The van der Waals surface area contributed by atoms with Crippen LogP contribution in [0.1, 0.15) is 23.7 Å². The van der Waals surface area contributed by atoms with E-state index in [1.54, 1.807) is 31.2 Å². The smallest absolute Gasteiger partial charge is 0.338 e. The zero-order chi connectivity index (χ0) is 17.3. The highest BCUT2D eigenvalue weighted by atomic mass is 16.5. The van der Waals surface area contributed by atoms with Crippen molar-refractivity contribution in [2.45, 2.75) is 13.3 Å². The van der Waals surface area contributed by atoms with E-state index < -0.39 is 5.97 Å². The molecule has 0 spiro atoms. The highest BCUT2D eigenvalue weighted by Crippen LogP contribution is 2.65. The second-order valence-corrected chi connectivity index (χ2v) is 7.43. The molecule has 5 nitrogen and oxygen atoms in total.